The fraction of sp³-hybridized carbons (Fsp3) is 0.286. The van der Waals surface area contributed by atoms with Gasteiger partial charge in [-0.15, -0.1) is 0 Å². The molecule has 104 valence electrons. The summed E-state index contributed by atoms with van der Waals surface area (Å²) in [4.78, 5) is 26.9. The predicted octanol–water partition coefficient (Wildman–Crippen LogP) is 1.87. The SMILES string of the molecule is Cc1c(Cl)[nH]c(=O)n(C2CCOc3ccccc32)c1=O. The van der Waals surface area contributed by atoms with Gasteiger partial charge >= 0.3 is 5.69 Å². The van der Waals surface area contributed by atoms with Crippen LogP contribution < -0.4 is 16.0 Å². The van der Waals surface area contributed by atoms with Crippen molar-refractivity contribution in [3.63, 3.8) is 0 Å². The zero-order chi connectivity index (χ0) is 14.3. The van der Waals surface area contributed by atoms with Gasteiger partial charge in [-0.3, -0.25) is 14.3 Å². The van der Waals surface area contributed by atoms with E-state index in [1.807, 2.05) is 24.3 Å². The Morgan fingerprint density at radius 1 is 1.35 bits per heavy atom. The van der Waals surface area contributed by atoms with Crippen molar-refractivity contribution in [3.8, 4) is 5.75 Å². The van der Waals surface area contributed by atoms with Gasteiger partial charge in [-0.1, -0.05) is 29.8 Å². The van der Waals surface area contributed by atoms with Gasteiger partial charge in [-0.05, 0) is 13.0 Å². The van der Waals surface area contributed by atoms with Gasteiger partial charge in [-0.2, -0.15) is 0 Å². The van der Waals surface area contributed by atoms with E-state index in [0.717, 1.165) is 5.56 Å². The van der Waals surface area contributed by atoms with Crippen LogP contribution in [-0.2, 0) is 0 Å². The summed E-state index contributed by atoms with van der Waals surface area (Å²) in [6, 6.07) is 7.11. The number of halogens is 1. The first-order chi connectivity index (χ1) is 9.59. The molecule has 0 spiro atoms. The van der Waals surface area contributed by atoms with Crippen LogP contribution in [0, 0.1) is 6.92 Å². The van der Waals surface area contributed by atoms with Crippen LogP contribution in [0.4, 0.5) is 0 Å². The molecule has 0 aliphatic carbocycles. The van der Waals surface area contributed by atoms with E-state index in [4.69, 9.17) is 16.3 Å². The number of aromatic nitrogens is 2. The number of nitrogens with one attached hydrogen (secondary N) is 1. The van der Waals surface area contributed by atoms with Crippen molar-refractivity contribution >= 4 is 11.6 Å². The molecule has 6 heteroatoms. The predicted molar refractivity (Wildman–Crippen MR) is 75.8 cm³/mol. The Morgan fingerprint density at radius 2 is 2.10 bits per heavy atom. The first-order valence-corrected chi connectivity index (χ1v) is 6.70. The summed E-state index contributed by atoms with van der Waals surface area (Å²) in [6.07, 6.45) is 0.571. The summed E-state index contributed by atoms with van der Waals surface area (Å²) >= 11 is 5.84. The topological polar surface area (TPSA) is 64.1 Å². The highest BCUT2D eigenvalue weighted by atomic mass is 35.5. The Morgan fingerprint density at radius 3 is 2.90 bits per heavy atom. The van der Waals surface area contributed by atoms with Crippen LogP contribution >= 0.6 is 11.6 Å². The minimum absolute atomic E-state index is 0.0941. The Hall–Kier alpha value is -2.01. The lowest BCUT2D eigenvalue weighted by molar-refractivity contribution is 0.252. The molecule has 3 rings (SSSR count). The van der Waals surface area contributed by atoms with Gasteiger partial charge in [0.05, 0.1) is 12.6 Å². The van der Waals surface area contributed by atoms with Crippen molar-refractivity contribution < 1.29 is 4.74 Å². The van der Waals surface area contributed by atoms with Crippen LogP contribution in [0.15, 0.2) is 33.9 Å². The molecule has 0 saturated carbocycles. The number of fused-ring (bicyclic) bond motifs is 1. The number of benzene rings is 1. The van der Waals surface area contributed by atoms with E-state index in [2.05, 4.69) is 4.98 Å². The van der Waals surface area contributed by atoms with E-state index in [-0.39, 0.29) is 16.8 Å². The summed E-state index contributed by atoms with van der Waals surface area (Å²) in [7, 11) is 0. The van der Waals surface area contributed by atoms with Gasteiger partial charge in [0.2, 0.25) is 0 Å². The zero-order valence-electron chi connectivity index (χ0n) is 10.9. The van der Waals surface area contributed by atoms with E-state index in [1.54, 1.807) is 6.92 Å². The van der Waals surface area contributed by atoms with Crippen molar-refractivity contribution in [3.05, 3.63) is 61.4 Å². The molecule has 1 aliphatic rings. The largest absolute Gasteiger partial charge is 0.493 e. The molecule has 0 saturated heterocycles. The van der Waals surface area contributed by atoms with Gasteiger partial charge in [-0.25, -0.2) is 4.79 Å². The second-order valence-electron chi connectivity index (χ2n) is 4.74. The number of hydrogen-bond acceptors (Lipinski definition) is 3. The van der Waals surface area contributed by atoms with E-state index >= 15 is 0 Å². The molecule has 1 aromatic carbocycles. The first kappa shape index (κ1) is 13.0. The Kier molecular flexibility index (Phi) is 3.14. The summed E-state index contributed by atoms with van der Waals surface area (Å²) in [5.41, 5.74) is 0.330. The summed E-state index contributed by atoms with van der Waals surface area (Å²) in [5.74, 6) is 0.711. The lowest BCUT2D eigenvalue weighted by atomic mass is 10.0. The molecule has 1 atom stereocenters. The van der Waals surface area contributed by atoms with Crippen LogP contribution in [-0.4, -0.2) is 16.2 Å². The number of H-pyrrole nitrogens is 1. The Bertz CT molecular complexity index is 779. The third kappa shape index (κ3) is 1.94. The second kappa shape index (κ2) is 4.83. The minimum atomic E-state index is -0.493. The van der Waals surface area contributed by atoms with Crippen LogP contribution in [0.1, 0.15) is 23.6 Å². The molecule has 0 fully saturated rings. The first-order valence-electron chi connectivity index (χ1n) is 6.32. The molecule has 2 heterocycles. The normalized spacial score (nSPS) is 17.4. The third-order valence-corrected chi connectivity index (χ3v) is 3.92. The summed E-state index contributed by atoms with van der Waals surface area (Å²) in [6.45, 7) is 2.07. The van der Waals surface area contributed by atoms with Gasteiger partial charge < -0.3 is 4.74 Å². The fourth-order valence-corrected chi connectivity index (χ4v) is 2.65. The molecule has 0 bridgehead atoms. The van der Waals surface area contributed by atoms with Crippen molar-refractivity contribution in [1.82, 2.24) is 9.55 Å². The average molecular weight is 293 g/mol. The summed E-state index contributed by atoms with van der Waals surface area (Å²) in [5, 5.41) is 0.0941. The van der Waals surface area contributed by atoms with Gasteiger partial charge in [0.25, 0.3) is 5.56 Å². The fourth-order valence-electron chi connectivity index (χ4n) is 2.49. The van der Waals surface area contributed by atoms with Crippen LogP contribution in [0.3, 0.4) is 0 Å². The average Bonchev–Trinajstić information content (AvgIpc) is 2.45. The molecule has 20 heavy (non-hydrogen) atoms. The molecule has 0 amide bonds. The molecule has 2 aromatic rings. The van der Waals surface area contributed by atoms with Crippen molar-refractivity contribution in [2.24, 2.45) is 0 Å². The number of ether oxygens (including phenoxy) is 1. The maximum atomic E-state index is 12.3. The lowest BCUT2D eigenvalue weighted by Gasteiger charge is -2.26. The van der Waals surface area contributed by atoms with E-state index < -0.39 is 5.69 Å². The number of nitrogens with zero attached hydrogens (tertiary/aromatic N) is 1. The molecule has 5 nitrogen and oxygen atoms in total. The number of hydrogen-bond donors (Lipinski definition) is 1. The van der Waals surface area contributed by atoms with E-state index in [1.165, 1.54) is 4.57 Å². The lowest BCUT2D eigenvalue weighted by Crippen LogP contribution is -2.41. The zero-order valence-corrected chi connectivity index (χ0v) is 11.6. The van der Waals surface area contributed by atoms with Crippen LogP contribution in [0.25, 0.3) is 0 Å². The van der Waals surface area contributed by atoms with Gasteiger partial charge in [0.1, 0.15) is 10.9 Å². The second-order valence-corrected chi connectivity index (χ2v) is 5.11. The number of para-hydroxylation sites is 1. The smallest absolute Gasteiger partial charge is 0.330 e. The molecular formula is C14H13ClN2O3. The van der Waals surface area contributed by atoms with Crippen LogP contribution in [0.5, 0.6) is 5.75 Å². The summed E-state index contributed by atoms with van der Waals surface area (Å²) < 4.78 is 6.78. The maximum absolute atomic E-state index is 12.3. The molecule has 0 radical (unpaired) electrons. The van der Waals surface area contributed by atoms with Gasteiger partial charge in [0.15, 0.2) is 0 Å². The van der Waals surface area contributed by atoms with Crippen molar-refractivity contribution in [2.75, 3.05) is 6.61 Å². The standard InChI is InChI=1S/C14H13ClN2O3/c1-8-12(15)16-14(19)17(13(8)18)10-6-7-20-11-5-3-2-4-9(10)11/h2-5,10H,6-7H2,1H3,(H,16,19). The number of aromatic amines is 1. The Labute approximate surface area is 119 Å². The molecule has 1 aliphatic heterocycles. The maximum Gasteiger partial charge on any atom is 0.330 e. The number of rotatable bonds is 1. The monoisotopic (exact) mass is 292 g/mol. The van der Waals surface area contributed by atoms with Crippen molar-refractivity contribution in [2.45, 2.75) is 19.4 Å². The highest BCUT2D eigenvalue weighted by Crippen LogP contribution is 2.32. The van der Waals surface area contributed by atoms with Crippen molar-refractivity contribution in [1.29, 1.82) is 0 Å². The van der Waals surface area contributed by atoms with Crippen LogP contribution in [0.2, 0.25) is 5.15 Å². The van der Waals surface area contributed by atoms with Gasteiger partial charge in [0, 0.05) is 17.5 Å². The molecular weight excluding hydrogens is 280 g/mol. The highest BCUT2D eigenvalue weighted by Gasteiger charge is 2.26. The van der Waals surface area contributed by atoms with E-state index in [0.29, 0.717) is 24.3 Å². The highest BCUT2D eigenvalue weighted by molar-refractivity contribution is 6.30. The quantitative estimate of drug-likeness (QED) is 0.816. The van der Waals surface area contributed by atoms with E-state index in [9.17, 15) is 9.59 Å². The Balaban J connectivity index is 2.24. The molecule has 1 N–H and O–H groups in total. The molecule has 1 aromatic heterocycles. The minimum Gasteiger partial charge on any atom is -0.493 e. The molecule has 1 unspecified atom stereocenters. The third-order valence-electron chi connectivity index (χ3n) is 3.54.